The first-order valence-corrected chi connectivity index (χ1v) is 13.6. The molecule has 0 aromatic heterocycles. The van der Waals surface area contributed by atoms with Crippen LogP contribution in [-0.2, 0) is 20.6 Å². The minimum atomic E-state index is -3.02. The zero-order chi connectivity index (χ0) is 24.0. The van der Waals surface area contributed by atoms with Gasteiger partial charge in [0.25, 0.3) is 0 Å². The van der Waals surface area contributed by atoms with Crippen molar-refractivity contribution in [1.29, 1.82) is 0 Å². The molecular formula is C28H32NO4P. The fourth-order valence-corrected chi connectivity index (χ4v) is 8.31. The number of carbonyl (C=O) groups is 1. The lowest BCUT2D eigenvalue weighted by Crippen LogP contribution is -2.35. The molecule has 0 aliphatic carbocycles. The van der Waals surface area contributed by atoms with Gasteiger partial charge in [-0.3, -0.25) is 0 Å². The molecule has 3 aromatic rings. The van der Waals surface area contributed by atoms with E-state index < -0.39 is 13.2 Å². The predicted molar refractivity (Wildman–Crippen MR) is 136 cm³/mol. The Hall–Kier alpha value is -2.88. The van der Waals surface area contributed by atoms with Crippen LogP contribution in [0.4, 0.5) is 4.79 Å². The number of hydrogen-bond donors (Lipinski definition) is 1. The summed E-state index contributed by atoms with van der Waals surface area (Å²) >= 11 is 0. The third-order valence-electron chi connectivity index (χ3n) is 6.54. The van der Waals surface area contributed by atoms with Gasteiger partial charge in [-0.1, -0.05) is 111 Å². The molecule has 0 unspecified atom stereocenters. The summed E-state index contributed by atoms with van der Waals surface area (Å²) in [6.07, 6.45) is -0.0999. The fraction of sp³-hybridized carbons (Fsp3) is 0.321. The third-order valence-corrected chi connectivity index (χ3v) is 10.3. The van der Waals surface area contributed by atoms with Crippen LogP contribution in [0.1, 0.15) is 25.8 Å². The summed E-state index contributed by atoms with van der Waals surface area (Å²) in [5.41, 5.74) is 0.798. The van der Waals surface area contributed by atoms with Crippen molar-refractivity contribution in [2.75, 3.05) is 6.61 Å². The Morgan fingerprint density at radius 3 is 2.00 bits per heavy atom. The van der Waals surface area contributed by atoms with Crippen LogP contribution in [0.25, 0.3) is 0 Å². The summed E-state index contributed by atoms with van der Waals surface area (Å²) in [5.74, 6) is 0.160. The highest BCUT2D eigenvalue weighted by Crippen LogP contribution is 2.57. The maximum Gasteiger partial charge on any atom is 0.407 e. The van der Waals surface area contributed by atoms with Gasteiger partial charge in [0.2, 0.25) is 0 Å². The number of amides is 1. The van der Waals surface area contributed by atoms with E-state index in [1.165, 1.54) is 0 Å². The molecule has 0 saturated carbocycles. The predicted octanol–water partition coefficient (Wildman–Crippen LogP) is 5.11. The summed E-state index contributed by atoms with van der Waals surface area (Å²) < 4.78 is 26.4. The minimum absolute atomic E-state index is 0.141. The van der Waals surface area contributed by atoms with Crippen LogP contribution in [-0.4, -0.2) is 30.6 Å². The van der Waals surface area contributed by atoms with E-state index in [2.05, 4.69) is 19.2 Å². The van der Waals surface area contributed by atoms with Crippen LogP contribution in [0, 0.1) is 5.92 Å². The van der Waals surface area contributed by atoms with Crippen molar-refractivity contribution in [1.82, 2.24) is 5.32 Å². The largest absolute Gasteiger partial charge is 0.447 e. The van der Waals surface area contributed by atoms with Gasteiger partial charge in [0.05, 0.1) is 11.8 Å². The van der Waals surface area contributed by atoms with Gasteiger partial charge in [-0.15, -0.1) is 0 Å². The van der Waals surface area contributed by atoms with Gasteiger partial charge in [-0.2, -0.15) is 0 Å². The van der Waals surface area contributed by atoms with Gasteiger partial charge in [0, 0.05) is 17.2 Å². The molecule has 1 saturated heterocycles. The van der Waals surface area contributed by atoms with E-state index >= 15 is 0 Å². The number of nitrogens with one attached hydrogen (secondary N) is 1. The van der Waals surface area contributed by atoms with E-state index in [1.807, 2.05) is 91.0 Å². The molecule has 4 rings (SSSR count). The molecule has 1 aliphatic rings. The van der Waals surface area contributed by atoms with Gasteiger partial charge < -0.3 is 19.4 Å². The zero-order valence-electron chi connectivity index (χ0n) is 19.7. The molecule has 6 heteroatoms. The lowest BCUT2D eigenvalue weighted by molar-refractivity contribution is 0.135. The van der Waals surface area contributed by atoms with E-state index in [4.69, 9.17) is 9.47 Å². The number of epoxide rings is 1. The molecule has 5 nitrogen and oxygen atoms in total. The molecule has 178 valence electrons. The van der Waals surface area contributed by atoms with Crippen LogP contribution >= 0.6 is 7.14 Å². The maximum absolute atomic E-state index is 14.9. The average molecular weight is 478 g/mol. The van der Waals surface area contributed by atoms with Gasteiger partial charge in [-0.05, 0) is 11.5 Å². The van der Waals surface area contributed by atoms with Crippen LogP contribution in [0.3, 0.4) is 0 Å². The molecule has 1 heterocycles. The molecule has 0 bridgehead atoms. The molecule has 0 radical (unpaired) electrons. The van der Waals surface area contributed by atoms with Crippen LogP contribution in [0.15, 0.2) is 91.0 Å². The molecule has 4 atom stereocenters. The first-order chi connectivity index (χ1) is 16.5. The van der Waals surface area contributed by atoms with Crippen molar-refractivity contribution in [3.05, 3.63) is 96.6 Å². The van der Waals surface area contributed by atoms with Crippen molar-refractivity contribution in [2.24, 2.45) is 5.92 Å². The van der Waals surface area contributed by atoms with E-state index in [0.29, 0.717) is 6.54 Å². The molecule has 0 spiro atoms. The standard InChI is InChI=1S/C28H32NO4P/c1-3-21(2)27(34(31,23-15-9-5-10-16-23)24-17-11-6-12-18-24)26-25(33-26)20-32-28(30)29-19-22-13-7-4-8-14-22/h4-18,21,25-27H,3,19-20H2,1-2H3,(H,29,30)/t21-,25+,26-,27-/m1/s1. The first-order valence-electron chi connectivity index (χ1n) is 11.8. The first kappa shape index (κ1) is 24.3. The second kappa shape index (κ2) is 11.0. The fourth-order valence-electron chi connectivity index (χ4n) is 4.49. The topological polar surface area (TPSA) is 67.9 Å². The van der Waals surface area contributed by atoms with Crippen molar-refractivity contribution >= 4 is 23.8 Å². The van der Waals surface area contributed by atoms with Crippen molar-refractivity contribution < 1.29 is 18.8 Å². The minimum Gasteiger partial charge on any atom is -0.447 e. The number of alkyl carbamates (subject to hydrolysis) is 1. The number of carbonyl (C=O) groups excluding carboxylic acids is 1. The summed E-state index contributed by atoms with van der Waals surface area (Å²) in [5, 5.41) is 4.44. The highest BCUT2D eigenvalue weighted by molar-refractivity contribution is 7.79. The van der Waals surface area contributed by atoms with E-state index in [9.17, 15) is 9.36 Å². The summed E-state index contributed by atoms with van der Waals surface area (Å²) in [6, 6.07) is 29.1. The quantitative estimate of drug-likeness (QED) is 0.326. The van der Waals surface area contributed by atoms with E-state index in [1.54, 1.807) is 0 Å². The van der Waals surface area contributed by atoms with Crippen molar-refractivity contribution in [3.63, 3.8) is 0 Å². The Balaban J connectivity index is 1.48. The molecule has 1 N–H and O–H groups in total. The second-order valence-electron chi connectivity index (χ2n) is 8.78. The lowest BCUT2D eigenvalue weighted by Gasteiger charge is -2.32. The monoisotopic (exact) mass is 477 g/mol. The number of benzene rings is 3. The smallest absolute Gasteiger partial charge is 0.407 e. The average Bonchev–Trinajstić information content (AvgIpc) is 3.66. The van der Waals surface area contributed by atoms with Crippen LogP contribution in [0.5, 0.6) is 0 Å². The number of hydrogen-bond acceptors (Lipinski definition) is 4. The van der Waals surface area contributed by atoms with Crippen LogP contribution in [0.2, 0.25) is 0 Å². The highest BCUT2D eigenvalue weighted by Gasteiger charge is 2.55. The molecule has 1 amide bonds. The summed E-state index contributed by atoms with van der Waals surface area (Å²) in [6.45, 7) is 4.79. The Morgan fingerprint density at radius 2 is 1.47 bits per heavy atom. The van der Waals surface area contributed by atoms with Crippen LogP contribution < -0.4 is 15.9 Å². The lowest BCUT2D eigenvalue weighted by atomic mass is 10.0. The zero-order valence-corrected chi connectivity index (χ0v) is 20.6. The molecule has 1 fully saturated rings. The Morgan fingerprint density at radius 1 is 0.941 bits per heavy atom. The van der Waals surface area contributed by atoms with Gasteiger partial charge in [0.1, 0.15) is 19.9 Å². The third kappa shape index (κ3) is 5.43. The molecule has 3 aromatic carbocycles. The number of ether oxygens (including phenoxy) is 2. The molecular weight excluding hydrogens is 445 g/mol. The van der Waals surface area contributed by atoms with Gasteiger partial charge in [-0.25, -0.2) is 4.79 Å². The molecule has 1 aliphatic heterocycles. The Labute approximate surface area is 201 Å². The van der Waals surface area contributed by atoms with E-state index in [0.717, 1.165) is 22.6 Å². The Kier molecular flexibility index (Phi) is 7.87. The van der Waals surface area contributed by atoms with Crippen molar-refractivity contribution in [3.8, 4) is 0 Å². The SMILES string of the molecule is CC[C@@H](C)[C@H]([C@@H]1O[C@H]1COC(=O)NCc1ccccc1)P(=O)(c1ccccc1)c1ccccc1. The van der Waals surface area contributed by atoms with Crippen molar-refractivity contribution in [2.45, 2.75) is 44.7 Å². The van der Waals surface area contributed by atoms with E-state index in [-0.39, 0.29) is 30.4 Å². The Bertz CT molecular complexity index is 1060. The van der Waals surface area contributed by atoms with Gasteiger partial charge in [0.15, 0.2) is 0 Å². The molecule has 34 heavy (non-hydrogen) atoms. The second-order valence-corrected chi connectivity index (χ2v) is 11.7. The summed E-state index contributed by atoms with van der Waals surface area (Å²) in [7, 11) is -3.02. The van der Waals surface area contributed by atoms with Gasteiger partial charge >= 0.3 is 6.09 Å². The highest BCUT2D eigenvalue weighted by atomic mass is 31.2. The summed E-state index contributed by atoms with van der Waals surface area (Å²) in [4.78, 5) is 12.2. The number of rotatable bonds is 10. The normalized spacial score (nSPS) is 19.1. The maximum atomic E-state index is 14.9.